The van der Waals surface area contributed by atoms with E-state index in [2.05, 4.69) is 31.6 Å². The minimum atomic E-state index is -5.26. The van der Waals surface area contributed by atoms with Crippen molar-refractivity contribution in [3.8, 4) is 0 Å². The van der Waals surface area contributed by atoms with Crippen molar-refractivity contribution in [1.29, 1.82) is 0 Å². The molecule has 0 saturated carbocycles. The molecule has 304 valence electrons. The number of hydrogen-bond donors (Lipinski definition) is 9. The number of benzene rings is 1. The number of alkyl halides is 6. The molecule has 24 heteroatoms. The Bertz CT molecular complexity index is 1590. The van der Waals surface area contributed by atoms with Gasteiger partial charge in [0.05, 0.1) is 13.0 Å². The Balaban J connectivity index is 2.41. The Labute approximate surface area is 308 Å². The number of carboxylic acid groups (broad SMARTS) is 1. The van der Waals surface area contributed by atoms with Gasteiger partial charge in [0.2, 0.25) is 29.5 Å². The fourth-order valence-corrected chi connectivity index (χ4v) is 4.83. The SMILES string of the molecule is NC(=NCCCC1NC(=O)C(CCCCNC(=O)C(F)(F)F)NC(=O)C(Cc2ccccc2)NC(=O)C(CC(=O)O)NC(=O)CNC1=O)NC(=O)C(F)(F)F. The number of hydrogen-bond acceptors (Lipinski definition) is 9. The Morgan fingerprint density at radius 1 is 0.745 bits per heavy atom. The maximum Gasteiger partial charge on any atom is 0.471 e. The summed E-state index contributed by atoms with van der Waals surface area (Å²) in [6.45, 7) is -1.71. The van der Waals surface area contributed by atoms with Crippen molar-refractivity contribution in [2.45, 2.75) is 81.5 Å². The van der Waals surface area contributed by atoms with E-state index in [0.29, 0.717) is 5.56 Å². The molecule has 0 bridgehead atoms. The number of carboxylic acids is 1. The highest BCUT2D eigenvalue weighted by Crippen LogP contribution is 2.15. The number of amides is 7. The van der Waals surface area contributed by atoms with Crippen LogP contribution in [0.15, 0.2) is 35.3 Å². The lowest BCUT2D eigenvalue weighted by Crippen LogP contribution is -2.58. The third-order valence-corrected chi connectivity index (χ3v) is 7.53. The van der Waals surface area contributed by atoms with Gasteiger partial charge in [0.25, 0.3) is 0 Å². The van der Waals surface area contributed by atoms with Crippen molar-refractivity contribution in [1.82, 2.24) is 37.2 Å². The van der Waals surface area contributed by atoms with Crippen LogP contribution in [0, 0.1) is 0 Å². The van der Waals surface area contributed by atoms with Gasteiger partial charge in [-0.15, -0.1) is 0 Å². The number of guanidine groups is 1. The van der Waals surface area contributed by atoms with Crippen LogP contribution in [0.4, 0.5) is 26.3 Å². The van der Waals surface area contributed by atoms with Crippen LogP contribution in [0.25, 0.3) is 0 Å². The van der Waals surface area contributed by atoms with Gasteiger partial charge >= 0.3 is 30.1 Å². The zero-order valence-corrected chi connectivity index (χ0v) is 28.8. The van der Waals surface area contributed by atoms with Crippen molar-refractivity contribution in [3.63, 3.8) is 0 Å². The molecule has 4 atom stereocenters. The average Bonchev–Trinajstić information content (AvgIpc) is 3.09. The summed E-state index contributed by atoms with van der Waals surface area (Å²) < 4.78 is 75.3. The normalized spacial score (nSPS) is 20.7. The van der Waals surface area contributed by atoms with Gasteiger partial charge < -0.3 is 42.7 Å². The highest BCUT2D eigenvalue weighted by atomic mass is 19.4. The van der Waals surface area contributed by atoms with Crippen molar-refractivity contribution < 1.29 is 69.8 Å². The summed E-state index contributed by atoms with van der Waals surface area (Å²) in [6.07, 6.45) is -12.6. The standard InChI is InChI=1S/C31H39F6N9O9/c32-30(33,34)27(54)39-11-5-4-9-18-24(51)43-17(10-6-12-40-29(38)46-28(55)31(35,36)37)23(50)41-15-21(47)42-20(14-22(48)49)26(53)45-19(25(52)44-18)13-16-7-2-1-3-8-16/h1-3,7-8,17-20H,4-6,9-15H2,(H,39,54)(H,41,50)(H,42,47)(H,43,51)(H,44,52)(H,45,53)(H,48,49)(H3,38,40,46,55). The van der Waals surface area contributed by atoms with Crippen LogP contribution < -0.4 is 43.0 Å². The molecular weight excluding hydrogens is 756 g/mol. The highest BCUT2D eigenvalue weighted by molar-refractivity contribution is 5.99. The summed E-state index contributed by atoms with van der Waals surface area (Å²) in [4.78, 5) is 104. The molecule has 1 aliphatic heterocycles. The Hall–Kier alpha value is -5.97. The fourth-order valence-electron chi connectivity index (χ4n) is 4.83. The van der Waals surface area contributed by atoms with E-state index in [1.54, 1.807) is 35.6 Å². The third kappa shape index (κ3) is 16.7. The maximum atomic E-state index is 13.7. The third-order valence-electron chi connectivity index (χ3n) is 7.53. The van der Waals surface area contributed by atoms with E-state index in [9.17, 15) is 69.8 Å². The zero-order chi connectivity index (χ0) is 41.3. The van der Waals surface area contributed by atoms with Gasteiger partial charge in [-0.3, -0.25) is 48.7 Å². The van der Waals surface area contributed by atoms with Crippen LogP contribution >= 0.6 is 0 Å². The largest absolute Gasteiger partial charge is 0.481 e. The Morgan fingerprint density at radius 3 is 1.89 bits per heavy atom. The number of aliphatic imine (C=N–C) groups is 1. The van der Waals surface area contributed by atoms with Gasteiger partial charge in [-0.2, -0.15) is 26.3 Å². The van der Waals surface area contributed by atoms with E-state index in [1.807, 2.05) is 0 Å². The summed E-state index contributed by atoms with van der Waals surface area (Å²) >= 11 is 0. The van der Waals surface area contributed by atoms with Crippen LogP contribution in [0.3, 0.4) is 0 Å². The Kier molecular flexibility index (Phi) is 17.3. The predicted molar refractivity (Wildman–Crippen MR) is 176 cm³/mol. The lowest BCUT2D eigenvalue weighted by molar-refractivity contribution is -0.173. The number of carbonyl (C=O) groups excluding carboxylic acids is 7. The van der Waals surface area contributed by atoms with Crippen LogP contribution in [-0.4, -0.2) is 115 Å². The van der Waals surface area contributed by atoms with Crippen molar-refractivity contribution >= 4 is 53.3 Å². The molecule has 2 rings (SSSR count). The Morgan fingerprint density at radius 2 is 1.29 bits per heavy atom. The van der Waals surface area contributed by atoms with Crippen LogP contribution in [0.1, 0.15) is 44.1 Å². The van der Waals surface area contributed by atoms with Gasteiger partial charge in [-0.05, 0) is 37.7 Å². The highest BCUT2D eigenvalue weighted by Gasteiger charge is 2.39. The number of carbonyl (C=O) groups is 8. The topological polar surface area (TPSA) is 279 Å². The molecule has 7 amide bonds. The molecule has 1 fully saturated rings. The monoisotopic (exact) mass is 795 g/mol. The molecule has 1 aliphatic rings. The number of halogens is 6. The first kappa shape index (κ1) is 45.2. The second-order valence-electron chi connectivity index (χ2n) is 11.9. The van der Waals surface area contributed by atoms with Crippen LogP contribution in [0.2, 0.25) is 0 Å². The summed E-state index contributed by atoms with van der Waals surface area (Å²) in [5.41, 5.74) is 5.80. The molecule has 55 heavy (non-hydrogen) atoms. The molecule has 4 unspecified atom stereocenters. The van der Waals surface area contributed by atoms with Crippen molar-refractivity contribution in [2.24, 2.45) is 10.7 Å². The minimum Gasteiger partial charge on any atom is -0.481 e. The number of rotatable bonds is 13. The van der Waals surface area contributed by atoms with E-state index in [0.717, 1.165) is 0 Å². The van der Waals surface area contributed by atoms with E-state index in [4.69, 9.17) is 5.73 Å². The molecule has 0 spiro atoms. The number of nitrogens with zero attached hydrogens (tertiary/aromatic N) is 1. The van der Waals surface area contributed by atoms with E-state index >= 15 is 0 Å². The van der Waals surface area contributed by atoms with Crippen molar-refractivity contribution in [2.75, 3.05) is 19.6 Å². The molecular formula is C31H39F6N9O9. The van der Waals surface area contributed by atoms with Crippen LogP contribution in [-0.2, 0) is 44.8 Å². The number of nitrogens with one attached hydrogen (secondary N) is 7. The van der Waals surface area contributed by atoms with Crippen LogP contribution in [0.5, 0.6) is 0 Å². The van der Waals surface area contributed by atoms with Gasteiger partial charge in [0.1, 0.15) is 24.2 Å². The average molecular weight is 796 g/mol. The first-order valence-corrected chi connectivity index (χ1v) is 16.4. The van der Waals surface area contributed by atoms with E-state index < -0.39 is 109 Å². The van der Waals surface area contributed by atoms with Crippen molar-refractivity contribution in [3.05, 3.63) is 35.9 Å². The predicted octanol–water partition coefficient (Wildman–Crippen LogP) is -1.60. The quantitative estimate of drug-likeness (QED) is 0.0477. The molecule has 0 aromatic heterocycles. The molecule has 0 aliphatic carbocycles. The number of nitrogens with two attached hydrogens (primary N) is 1. The summed E-state index contributed by atoms with van der Waals surface area (Å²) in [5.74, 6) is -12.2. The van der Waals surface area contributed by atoms with Gasteiger partial charge in [-0.25, -0.2) is 0 Å². The molecule has 10 N–H and O–H groups in total. The molecule has 0 radical (unpaired) electrons. The second-order valence-corrected chi connectivity index (χ2v) is 11.9. The number of unbranched alkanes of at least 4 members (excludes halogenated alkanes) is 1. The number of aliphatic carboxylic acids is 1. The van der Waals surface area contributed by atoms with Gasteiger partial charge in [0, 0.05) is 19.5 Å². The minimum absolute atomic E-state index is 0.0835. The second kappa shape index (κ2) is 21.1. The lowest BCUT2D eigenvalue weighted by Gasteiger charge is -2.26. The zero-order valence-electron chi connectivity index (χ0n) is 28.8. The fraction of sp³-hybridized carbons (Fsp3) is 0.516. The summed E-state index contributed by atoms with van der Waals surface area (Å²) in [6, 6.07) is 1.76. The summed E-state index contributed by atoms with van der Waals surface area (Å²) in [5, 5.41) is 23.9. The first-order valence-electron chi connectivity index (χ1n) is 16.4. The molecule has 18 nitrogen and oxygen atoms in total. The van der Waals surface area contributed by atoms with Gasteiger partial charge in [-0.1, -0.05) is 30.3 Å². The van der Waals surface area contributed by atoms with E-state index in [-0.39, 0.29) is 45.1 Å². The van der Waals surface area contributed by atoms with Gasteiger partial charge in [0.15, 0.2) is 5.96 Å². The molecule has 1 aromatic rings. The lowest BCUT2D eigenvalue weighted by atomic mass is 10.0. The van der Waals surface area contributed by atoms with E-state index in [1.165, 1.54) is 5.32 Å². The molecule has 1 aromatic carbocycles. The maximum absolute atomic E-state index is 13.7. The smallest absolute Gasteiger partial charge is 0.471 e. The molecule has 1 heterocycles. The first-order chi connectivity index (χ1) is 25.7. The summed E-state index contributed by atoms with van der Waals surface area (Å²) in [7, 11) is 0. The molecule has 1 saturated heterocycles.